The van der Waals surface area contributed by atoms with Gasteiger partial charge in [0.05, 0.1) is 0 Å². The predicted molar refractivity (Wildman–Crippen MR) is 110 cm³/mol. The Morgan fingerprint density at radius 3 is 2.36 bits per heavy atom. The number of nitrogens with one attached hydrogen (secondary N) is 1. The minimum Gasteiger partial charge on any atom is -0.386 e. The molecule has 5 heteroatoms. The van der Waals surface area contributed by atoms with Gasteiger partial charge in [0.25, 0.3) is 5.91 Å². The van der Waals surface area contributed by atoms with Crippen molar-refractivity contribution in [2.45, 2.75) is 20.0 Å². The van der Waals surface area contributed by atoms with Crippen molar-refractivity contribution in [2.24, 2.45) is 0 Å². The largest absolute Gasteiger partial charge is 0.386 e. The highest BCUT2D eigenvalue weighted by Gasteiger charge is 2.23. The molecule has 0 aromatic heterocycles. The van der Waals surface area contributed by atoms with Gasteiger partial charge >= 0.3 is 0 Å². The molecule has 0 radical (unpaired) electrons. The molecule has 1 N–H and O–H groups in total. The van der Waals surface area contributed by atoms with E-state index in [-0.39, 0.29) is 11.5 Å². The summed E-state index contributed by atoms with van der Waals surface area (Å²) >= 11 is 0. The van der Waals surface area contributed by atoms with Gasteiger partial charge in [-0.2, -0.15) is 5.26 Å². The fraction of sp³-hybridized carbons (Fsp3) is 0.304. The van der Waals surface area contributed by atoms with Crippen LogP contribution in [0.4, 0.5) is 0 Å². The molecule has 1 aliphatic rings. The Morgan fingerprint density at radius 2 is 1.71 bits per heavy atom. The van der Waals surface area contributed by atoms with Gasteiger partial charge in [0.15, 0.2) is 0 Å². The first-order valence-electron chi connectivity index (χ1n) is 9.60. The number of hydrogen-bond acceptors (Lipinski definition) is 4. The van der Waals surface area contributed by atoms with Crippen LogP contribution in [0, 0.1) is 18.3 Å². The van der Waals surface area contributed by atoms with E-state index in [4.69, 9.17) is 0 Å². The molecule has 0 aliphatic carbocycles. The Bertz CT molecular complexity index is 844. The van der Waals surface area contributed by atoms with Gasteiger partial charge in [0, 0.05) is 45.5 Å². The molecule has 0 saturated carbocycles. The Morgan fingerprint density at radius 1 is 1.04 bits per heavy atom. The molecule has 144 valence electrons. The highest BCUT2D eigenvalue weighted by Crippen LogP contribution is 2.11. The maximum atomic E-state index is 12.7. The number of hydrogen-bond donors (Lipinski definition) is 1. The number of carbonyl (C=O) groups excluding carboxylic acids is 1. The summed E-state index contributed by atoms with van der Waals surface area (Å²) in [6.07, 6.45) is 1.54. The zero-order valence-corrected chi connectivity index (χ0v) is 16.3. The van der Waals surface area contributed by atoms with E-state index in [0.29, 0.717) is 19.6 Å². The molecule has 1 saturated heterocycles. The Labute approximate surface area is 166 Å². The third-order valence-corrected chi connectivity index (χ3v) is 4.93. The van der Waals surface area contributed by atoms with Gasteiger partial charge in [0.2, 0.25) is 0 Å². The Hall–Kier alpha value is -3.10. The predicted octanol–water partition coefficient (Wildman–Crippen LogP) is 2.84. The van der Waals surface area contributed by atoms with Crippen molar-refractivity contribution in [1.29, 1.82) is 5.26 Å². The number of nitrogens with zero attached hydrogens (tertiary/aromatic N) is 3. The zero-order chi connectivity index (χ0) is 19.8. The minimum atomic E-state index is -0.196. The molecular formula is C23H26N4O. The van der Waals surface area contributed by atoms with E-state index < -0.39 is 0 Å². The lowest BCUT2D eigenvalue weighted by Gasteiger charge is -2.34. The van der Waals surface area contributed by atoms with Gasteiger partial charge in [-0.25, -0.2) is 0 Å². The number of rotatable bonds is 6. The zero-order valence-electron chi connectivity index (χ0n) is 16.3. The molecule has 0 unspecified atom stereocenters. The van der Waals surface area contributed by atoms with Gasteiger partial charge in [-0.1, -0.05) is 60.2 Å². The highest BCUT2D eigenvalue weighted by atomic mass is 16.2. The summed E-state index contributed by atoms with van der Waals surface area (Å²) in [6.45, 7) is 6.44. The van der Waals surface area contributed by atoms with Crippen LogP contribution in [0.1, 0.15) is 16.7 Å². The van der Waals surface area contributed by atoms with Crippen molar-refractivity contribution in [2.75, 3.05) is 26.2 Å². The summed E-state index contributed by atoms with van der Waals surface area (Å²) in [6, 6.07) is 20.6. The number of carbonyl (C=O) groups is 1. The van der Waals surface area contributed by atoms with Crippen LogP contribution in [0.25, 0.3) is 0 Å². The molecule has 3 rings (SSSR count). The molecule has 1 heterocycles. The average Bonchev–Trinajstić information content (AvgIpc) is 2.73. The van der Waals surface area contributed by atoms with Gasteiger partial charge in [-0.3, -0.25) is 9.69 Å². The van der Waals surface area contributed by atoms with Gasteiger partial charge in [-0.05, 0) is 18.1 Å². The maximum Gasteiger partial charge on any atom is 0.266 e. The number of amides is 1. The standard InChI is InChI=1S/C23H26N4O/c1-19-7-9-20(10-8-19)16-25-17-22(15-24)23(28)27-13-11-26(12-14-27)18-21-5-3-2-4-6-21/h2-10,17,25H,11-14,16,18H2,1H3/b22-17-. The van der Waals surface area contributed by atoms with Crippen LogP contribution < -0.4 is 5.32 Å². The second-order valence-electron chi connectivity index (χ2n) is 7.09. The minimum absolute atomic E-state index is 0.156. The number of benzene rings is 2. The fourth-order valence-corrected chi connectivity index (χ4v) is 3.24. The van der Waals surface area contributed by atoms with Crippen LogP contribution in [0.5, 0.6) is 0 Å². The molecule has 0 atom stereocenters. The lowest BCUT2D eigenvalue weighted by atomic mass is 10.1. The second kappa shape index (κ2) is 9.72. The van der Waals surface area contributed by atoms with Gasteiger partial charge in [0.1, 0.15) is 11.6 Å². The van der Waals surface area contributed by atoms with E-state index >= 15 is 0 Å². The van der Waals surface area contributed by atoms with E-state index in [1.807, 2.05) is 55.5 Å². The monoisotopic (exact) mass is 374 g/mol. The summed E-state index contributed by atoms with van der Waals surface area (Å²) in [5.41, 5.74) is 3.75. The second-order valence-corrected chi connectivity index (χ2v) is 7.09. The normalized spacial score (nSPS) is 15.1. The lowest BCUT2D eigenvalue weighted by Crippen LogP contribution is -2.48. The van der Waals surface area contributed by atoms with Crippen molar-refractivity contribution in [3.8, 4) is 6.07 Å². The number of aryl methyl sites for hydroxylation is 1. The molecule has 1 fully saturated rings. The van der Waals surface area contributed by atoms with Crippen molar-refractivity contribution in [1.82, 2.24) is 15.1 Å². The third kappa shape index (κ3) is 5.45. The molecule has 2 aromatic rings. The Kier molecular flexibility index (Phi) is 6.83. The smallest absolute Gasteiger partial charge is 0.266 e. The van der Waals surface area contributed by atoms with E-state index in [1.165, 1.54) is 11.1 Å². The summed E-state index contributed by atoms with van der Waals surface area (Å²) in [7, 11) is 0. The van der Waals surface area contributed by atoms with Gasteiger partial charge < -0.3 is 10.2 Å². The van der Waals surface area contributed by atoms with Crippen molar-refractivity contribution >= 4 is 5.91 Å². The van der Waals surface area contributed by atoms with E-state index in [2.05, 4.69) is 22.3 Å². The molecule has 0 spiro atoms. The topological polar surface area (TPSA) is 59.4 Å². The van der Waals surface area contributed by atoms with Crippen molar-refractivity contribution < 1.29 is 4.79 Å². The highest BCUT2D eigenvalue weighted by molar-refractivity contribution is 5.97. The van der Waals surface area contributed by atoms with E-state index in [9.17, 15) is 10.1 Å². The molecule has 1 amide bonds. The van der Waals surface area contributed by atoms with Crippen LogP contribution in [0.2, 0.25) is 0 Å². The van der Waals surface area contributed by atoms with Crippen molar-refractivity contribution in [3.05, 3.63) is 83.1 Å². The Balaban J connectivity index is 1.49. The summed E-state index contributed by atoms with van der Waals surface area (Å²) in [4.78, 5) is 16.8. The van der Waals surface area contributed by atoms with E-state index in [0.717, 1.165) is 25.2 Å². The average molecular weight is 374 g/mol. The SMILES string of the molecule is Cc1ccc(CN/C=C(/C#N)C(=O)N2CCN(Cc3ccccc3)CC2)cc1. The molecule has 1 aliphatic heterocycles. The van der Waals surface area contributed by atoms with Crippen LogP contribution in [0.15, 0.2) is 66.4 Å². The summed E-state index contributed by atoms with van der Waals surface area (Å²) in [5.74, 6) is -0.196. The molecule has 28 heavy (non-hydrogen) atoms. The number of piperazine rings is 1. The van der Waals surface area contributed by atoms with Gasteiger partial charge in [-0.15, -0.1) is 0 Å². The van der Waals surface area contributed by atoms with Crippen LogP contribution >= 0.6 is 0 Å². The lowest BCUT2D eigenvalue weighted by molar-refractivity contribution is -0.128. The molecule has 0 bridgehead atoms. The summed E-state index contributed by atoms with van der Waals surface area (Å²) in [5, 5.41) is 12.5. The fourth-order valence-electron chi connectivity index (χ4n) is 3.24. The molecule has 5 nitrogen and oxygen atoms in total. The quantitative estimate of drug-likeness (QED) is 0.624. The summed E-state index contributed by atoms with van der Waals surface area (Å²) < 4.78 is 0. The first kappa shape index (κ1) is 19.7. The van der Waals surface area contributed by atoms with Crippen LogP contribution in [0.3, 0.4) is 0 Å². The number of nitriles is 1. The first-order chi connectivity index (χ1) is 13.7. The van der Waals surface area contributed by atoms with Crippen LogP contribution in [-0.4, -0.2) is 41.9 Å². The maximum absolute atomic E-state index is 12.7. The van der Waals surface area contributed by atoms with Crippen molar-refractivity contribution in [3.63, 3.8) is 0 Å². The molecular weight excluding hydrogens is 348 g/mol. The first-order valence-corrected chi connectivity index (χ1v) is 9.60. The molecule has 2 aromatic carbocycles. The third-order valence-electron chi connectivity index (χ3n) is 4.93. The van der Waals surface area contributed by atoms with E-state index in [1.54, 1.807) is 11.1 Å². The van der Waals surface area contributed by atoms with Crippen LogP contribution in [-0.2, 0) is 17.9 Å².